The molecule has 22 heavy (non-hydrogen) atoms. The first-order valence-corrected chi connectivity index (χ1v) is 9.00. The lowest BCUT2D eigenvalue weighted by atomic mass is 9.68. The Bertz CT molecular complexity index is 485. The molecule has 1 heterocycles. The molecule has 4 heteroatoms. The summed E-state index contributed by atoms with van der Waals surface area (Å²) in [6.07, 6.45) is 9.74. The van der Waals surface area contributed by atoms with E-state index in [1.807, 2.05) is 6.07 Å². The Kier molecular flexibility index (Phi) is 4.84. The zero-order valence-corrected chi connectivity index (χ0v) is 13.8. The molecule has 3 rings (SSSR count). The minimum atomic E-state index is -0.0755. The molecule has 0 saturated heterocycles. The molecular formula is C18H28N2O2. The zero-order chi connectivity index (χ0) is 15.5. The van der Waals surface area contributed by atoms with Crippen molar-refractivity contribution >= 4 is 5.91 Å². The first kappa shape index (κ1) is 15.6. The Morgan fingerprint density at radius 3 is 2.36 bits per heavy atom. The summed E-state index contributed by atoms with van der Waals surface area (Å²) >= 11 is 0. The minimum absolute atomic E-state index is 0.0755. The van der Waals surface area contributed by atoms with Crippen molar-refractivity contribution in [2.45, 2.75) is 77.2 Å². The summed E-state index contributed by atoms with van der Waals surface area (Å²) in [6, 6.07) is 2.18. The average molecular weight is 304 g/mol. The highest BCUT2D eigenvalue weighted by atomic mass is 16.5. The van der Waals surface area contributed by atoms with E-state index in [-0.39, 0.29) is 5.91 Å². The zero-order valence-electron chi connectivity index (χ0n) is 13.8. The van der Waals surface area contributed by atoms with Gasteiger partial charge in [-0.25, -0.2) is 0 Å². The number of hydrogen-bond donors (Lipinski definition) is 1. The molecule has 2 bridgehead atoms. The van der Waals surface area contributed by atoms with Crippen LogP contribution in [0.15, 0.2) is 10.6 Å². The van der Waals surface area contributed by atoms with E-state index in [1.54, 1.807) is 0 Å². The van der Waals surface area contributed by atoms with Crippen LogP contribution in [0, 0.1) is 11.8 Å². The lowest BCUT2D eigenvalue weighted by Crippen LogP contribution is -2.49. The van der Waals surface area contributed by atoms with Crippen LogP contribution in [0.4, 0.5) is 0 Å². The van der Waals surface area contributed by atoms with Gasteiger partial charge in [-0.15, -0.1) is 0 Å². The smallest absolute Gasteiger partial charge is 0.290 e. The van der Waals surface area contributed by atoms with Gasteiger partial charge in [0.1, 0.15) is 0 Å². The van der Waals surface area contributed by atoms with Crippen molar-refractivity contribution in [2.75, 3.05) is 0 Å². The SMILES string of the molecule is CCC(CC)c1cc(C(=O)NC2C3CCCC2CCC3)on1. The molecule has 2 fully saturated rings. The van der Waals surface area contributed by atoms with Crippen LogP contribution >= 0.6 is 0 Å². The Morgan fingerprint density at radius 1 is 1.23 bits per heavy atom. The van der Waals surface area contributed by atoms with Crippen LogP contribution in [0.1, 0.15) is 87.4 Å². The molecule has 2 saturated carbocycles. The van der Waals surface area contributed by atoms with Crippen LogP contribution in [-0.2, 0) is 0 Å². The van der Waals surface area contributed by atoms with E-state index in [1.165, 1.54) is 38.5 Å². The summed E-state index contributed by atoms with van der Waals surface area (Å²) in [5.74, 6) is 2.02. The van der Waals surface area contributed by atoms with Crippen molar-refractivity contribution in [3.05, 3.63) is 17.5 Å². The third-order valence-electron chi connectivity index (χ3n) is 5.77. The lowest BCUT2D eigenvalue weighted by molar-refractivity contribution is 0.0755. The highest BCUT2D eigenvalue weighted by molar-refractivity contribution is 5.91. The third kappa shape index (κ3) is 3.06. The second-order valence-corrected chi connectivity index (χ2v) is 7.01. The molecule has 0 aromatic carbocycles. The highest BCUT2D eigenvalue weighted by Gasteiger charge is 2.37. The van der Waals surface area contributed by atoms with E-state index in [2.05, 4.69) is 24.3 Å². The summed E-state index contributed by atoms with van der Waals surface area (Å²) in [5.41, 5.74) is 0.916. The second-order valence-electron chi connectivity index (χ2n) is 7.01. The van der Waals surface area contributed by atoms with Crippen LogP contribution in [-0.4, -0.2) is 17.1 Å². The topological polar surface area (TPSA) is 55.1 Å². The largest absolute Gasteiger partial charge is 0.351 e. The number of nitrogens with one attached hydrogen (secondary N) is 1. The van der Waals surface area contributed by atoms with Crippen LogP contribution in [0.5, 0.6) is 0 Å². The number of carbonyl (C=O) groups excluding carboxylic acids is 1. The van der Waals surface area contributed by atoms with Crippen molar-refractivity contribution < 1.29 is 9.32 Å². The summed E-state index contributed by atoms with van der Waals surface area (Å²) in [5, 5.41) is 7.36. The molecule has 0 spiro atoms. The molecule has 1 amide bonds. The van der Waals surface area contributed by atoms with Gasteiger partial charge in [0.2, 0.25) is 5.76 Å². The van der Waals surface area contributed by atoms with E-state index in [4.69, 9.17) is 4.52 Å². The van der Waals surface area contributed by atoms with E-state index in [0.29, 0.717) is 29.6 Å². The van der Waals surface area contributed by atoms with Gasteiger partial charge in [-0.2, -0.15) is 0 Å². The van der Waals surface area contributed by atoms with Gasteiger partial charge < -0.3 is 9.84 Å². The monoisotopic (exact) mass is 304 g/mol. The van der Waals surface area contributed by atoms with Gasteiger partial charge in [-0.1, -0.05) is 31.8 Å². The number of hydrogen-bond acceptors (Lipinski definition) is 3. The summed E-state index contributed by atoms with van der Waals surface area (Å²) in [6.45, 7) is 4.29. The number of fused-ring (bicyclic) bond motifs is 2. The normalized spacial score (nSPS) is 27.9. The van der Waals surface area contributed by atoms with Gasteiger partial charge in [0.15, 0.2) is 0 Å². The molecule has 122 valence electrons. The molecule has 4 nitrogen and oxygen atoms in total. The quantitative estimate of drug-likeness (QED) is 0.883. The highest BCUT2D eigenvalue weighted by Crippen LogP contribution is 2.40. The Balaban J connectivity index is 1.67. The van der Waals surface area contributed by atoms with Crippen LogP contribution in [0.2, 0.25) is 0 Å². The van der Waals surface area contributed by atoms with Gasteiger partial charge in [0.25, 0.3) is 5.91 Å². The molecule has 2 aliphatic carbocycles. The number of nitrogens with zero attached hydrogens (tertiary/aromatic N) is 1. The Morgan fingerprint density at radius 2 is 1.82 bits per heavy atom. The molecule has 0 unspecified atom stereocenters. The van der Waals surface area contributed by atoms with Gasteiger partial charge >= 0.3 is 0 Å². The molecular weight excluding hydrogens is 276 g/mol. The number of carbonyl (C=O) groups is 1. The predicted molar refractivity (Wildman–Crippen MR) is 85.8 cm³/mol. The molecule has 0 atom stereocenters. The van der Waals surface area contributed by atoms with E-state index < -0.39 is 0 Å². The number of aromatic nitrogens is 1. The fraction of sp³-hybridized carbons (Fsp3) is 0.778. The maximum Gasteiger partial charge on any atom is 0.290 e. The Hall–Kier alpha value is -1.32. The molecule has 0 aliphatic heterocycles. The molecule has 1 N–H and O–H groups in total. The molecule has 1 aromatic rings. The summed E-state index contributed by atoms with van der Waals surface area (Å²) in [7, 11) is 0. The van der Waals surface area contributed by atoms with Gasteiger partial charge in [0.05, 0.1) is 5.69 Å². The Labute approximate surface area is 133 Å². The van der Waals surface area contributed by atoms with Crippen molar-refractivity contribution in [1.82, 2.24) is 10.5 Å². The molecule has 2 aliphatic rings. The van der Waals surface area contributed by atoms with Crippen molar-refractivity contribution in [3.8, 4) is 0 Å². The van der Waals surface area contributed by atoms with Gasteiger partial charge in [0, 0.05) is 18.0 Å². The first-order chi connectivity index (χ1) is 10.7. The van der Waals surface area contributed by atoms with Crippen LogP contribution < -0.4 is 5.32 Å². The van der Waals surface area contributed by atoms with Gasteiger partial charge in [-0.3, -0.25) is 4.79 Å². The average Bonchev–Trinajstić information content (AvgIpc) is 2.98. The maximum atomic E-state index is 12.5. The summed E-state index contributed by atoms with van der Waals surface area (Å²) < 4.78 is 5.31. The lowest BCUT2D eigenvalue weighted by Gasteiger charge is -2.42. The number of amides is 1. The van der Waals surface area contributed by atoms with Crippen molar-refractivity contribution in [3.63, 3.8) is 0 Å². The predicted octanol–water partition coefficient (Wildman–Crippen LogP) is 4.28. The molecule has 1 aromatic heterocycles. The van der Waals surface area contributed by atoms with Gasteiger partial charge in [-0.05, 0) is 50.4 Å². The van der Waals surface area contributed by atoms with E-state index in [0.717, 1.165) is 18.5 Å². The van der Waals surface area contributed by atoms with Crippen LogP contribution in [0.25, 0.3) is 0 Å². The van der Waals surface area contributed by atoms with E-state index in [9.17, 15) is 4.79 Å². The van der Waals surface area contributed by atoms with Crippen molar-refractivity contribution in [2.24, 2.45) is 11.8 Å². The first-order valence-electron chi connectivity index (χ1n) is 9.00. The van der Waals surface area contributed by atoms with Crippen molar-refractivity contribution in [1.29, 1.82) is 0 Å². The molecule has 0 radical (unpaired) electrons. The minimum Gasteiger partial charge on any atom is -0.351 e. The second kappa shape index (κ2) is 6.84. The standard InChI is InChI=1S/C18H28N2O2/c1-3-12(4-2)15-11-16(22-20-15)18(21)19-17-13-7-5-8-14(17)10-6-9-13/h11-14,17H,3-10H2,1-2H3,(H,19,21). The maximum absolute atomic E-state index is 12.5. The summed E-state index contributed by atoms with van der Waals surface area (Å²) in [4.78, 5) is 12.5. The fourth-order valence-electron chi connectivity index (χ4n) is 4.43. The fourth-order valence-corrected chi connectivity index (χ4v) is 4.43. The third-order valence-corrected chi connectivity index (χ3v) is 5.77. The van der Waals surface area contributed by atoms with E-state index >= 15 is 0 Å². The number of rotatable bonds is 5. The van der Waals surface area contributed by atoms with Crippen LogP contribution in [0.3, 0.4) is 0 Å².